The average Bonchev–Trinajstić information content (AvgIpc) is 2.92. The Bertz CT molecular complexity index is 1440. The van der Waals surface area contributed by atoms with Gasteiger partial charge in [-0.3, -0.25) is 14.7 Å². The van der Waals surface area contributed by atoms with E-state index in [1.165, 1.54) is 5.56 Å². The van der Waals surface area contributed by atoms with Gasteiger partial charge in [-0.1, -0.05) is 30.3 Å². The van der Waals surface area contributed by atoms with Gasteiger partial charge in [-0.2, -0.15) is 0 Å². The van der Waals surface area contributed by atoms with Gasteiger partial charge in [0.1, 0.15) is 5.75 Å². The van der Waals surface area contributed by atoms with Crippen LogP contribution in [0.4, 0.5) is 5.69 Å². The Hall–Kier alpha value is -3.75. The van der Waals surface area contributed by atoms with Crippen LogP contribution in [0.15, 0.2) is 77.8 Å². The Labute approximate surface area is 219 Å². The van der Waals surface area contributed by atoms with Gasteiger partial charge < -0.3 is 14.7 Å². The number of carbonyl (C=O) groups is 1. The number of amides is 1. The number of aryl methyl sites for hydroxylation is 2. The molecule has 1 fully saturated rings. The van der Waals surface area contributed by atoms with Crippen LogP contribution in [0.3, 0.4) is 0 Å². The van der Waals surface area contributed by atoms with Crippen LogP contribution in [0.1, 0.15) is 27.0 Å². The number of fused-ring (bicyclic) bond motifs is 1. The molecule has 3 aromatic carbocycles. The van der Waals surface area contributed by atoms with Gasteiger partial charge in [0.05, 0.1) is 10.4 Å². The monoisotopic (exact) mass is 514 g/mol. The predicted octanol–water partition coefficient (Wildman–Crippen LogP) is 4.65. The van der Waals surface area contributed by atoms with E-state index in [2.05, 4.69) is 14.6 Å². The van der Waals surface area contributed by atoms with E-state index in [1.807, 2.05) is 55.1 Å². The van der Waals surface area contributed by atoms with E-state index >= 15 is 0 Å². The molecule has 1 amide bonds. The number of phenols is 1. The lowest BCUT2D eigenvalue weighted by molar-refractivity contribution is 0.0628. The quantitative estimate of drug-likeness (QED) is 0.391. The molecule has 4 aromatic rings. The minimum Gasteiger partial charge on any atom is -0.507 e. The SMILES string of the molecule is Cc1cc(CN2CCN(C(=O)c3ccc(NS(=O)c4cccc5cccnc45)cc3)CC2)cc(C)c1O. The molecular formula is C29H30N4O3S. The van der Waals surface area contributed by atoms with Crippen LogP contribution >= 0.6 is 0 Å². The number of pyridine rings is 1. The average molecular weight is 515 g/mol. The summed E-state index contributed by atoms with van der Waals surface area (Å²) >= 11 is 0. The maximum absolute atomic E-state index is 13.1. The molecule has 0 spiro atoms. The summed E-state index contributed by atoms with van der Waals surface area (Å²) in [5.41, 5.74) is 4.94. The molecule has 8 heteroatoms. The molecule has 1 unspecified atom stereocenters. The van der Waals surface area contributed by atoms with Crippen molar-refractivity contribution in [2.45, 2.75) is 25.3 Å². The molecule has 2 N–H and O–H groups in total. The summed E-state index contributed by atoms with van der Waals surface area (Å²) in [7, 11) is -1.48. The van der Waals surface area contributed by atoms with Crippen molar-refractivity contribution in [3.63, 3.8) is 0 Å². The number of hydrogen-bond acceptors (Lipinski definition) is 5. The summed E-state index contributed by atoms with van der Waals surface area (Å²) in [6.07, 6.45) is 1.69. The molecule has 0 aliphatic carbocycles. The Morgan fingerprint density at radius 2 is 1.65 bits per heavy atom. The number of benzene rings is 3. The van der Waals surface area contributed by atoms with Crippen molar-refractivity contribution in [1.29, 1.82) is 0 Å². The number of aromatic hydroxyl groups is 1. The third kappa shape index (κ3) is 5.50. The maximum atomic E-state index is 13.1. The molecule has 7 nitrogen and oxygen atoms in total. The fraction of sp³-hybridized carbons (Fsp3) is 0.241. The van der Waals surface area contributed by atoms with Gasteiger partial charge in [0.25, 0.3) is 5.91 Å². The van der Waals surface area contributed by atoms with E-state index in [4.69, 9.17) is 0 Å². The number of aromatic nitrogens is 1. The molecule has 1 aromatic heterocycles. The zero-order valence-corrected chi connectivity index (χ0v) is 21.8. The van der Waals surface area contributed by atoms with Crippen molar-refractivity contribution in [1.82, 2.24) is 14.8 Å². The van der Waals surface area contributed by atoms with E-state index in [9.17, 15) is 14.1 Å². The van der Waals surface area contributed by atoms with Crippen molar-refractivity contribution < 1.29 is 14.1 Å². The highest BCUT2D eigenvalue weighted by Gasteiger charge is 2.22. The Kier molecular flexibility index (Phi) is 7.21. The molecule has 37 heavy (non-hydrogen) atoms. The van der Waals surface area contributed by atoms with Crippen molar-refractivity contribution in [2.24, 2.45) is 0 Å². The number of anilines is 1. The number of hydrogen-bond donors (Lipinski definition) is 2. The highest BCUT2D eigenvalue weighted by molar-refractivity contribution is 7.86. The lowest BCUT2D eigenvalue weighted by Crippen LogP contribution is -2.48. The lowest BCUT2D eigenvalue weighted by Gasteiger charge is -2.35. The number of nitrogens with zero attached hydrogens (tertiary/aromatic N) is 3. The van der Waals surface area contributed by atoms with Crippen molar-refractivity contribution in [2.75, 3.05) is 30.9 Å². The molecule has 2 heterocycles. The number of para-hydroxylation sites is 1. The summed E-state index contributed by atoms with van der Waals surface area (Å²) in [5, 5.41) is 10.9. The van der Waals surface area contributed by atoms with Gasteiger partial charge in [0.15, 0.2) is 11.0 Å². The molecule has 190 valence electrons. The maximum Gasteiger partial charge on any atom is 0.253 e. The first-order valence-electron chi connectivity index (χ1n) is 12.3. The second-order valence-corrected chi connectivity index (χ2v) is 10.6. The smallest absolute Gasteiger partial charge is 0.253 e. The van der Waals surface area contributed by atoms with Crippen molar-refractivity contribution in [3.8, 4) is 5.75 Å². The lowest BCUT2D eigenvalue weighted by atomic mass is 10.1. The first-order valence-corrected chi connectivity index (χ1v) is 13.5. The first-order chi connectivity index (χ1) is 17.9. The third-order valence-electron chi connectivity index (χ3n) is 6.75. The van der Waals surface area contributed by atoms with E-state index in [0.717, 1.165) is 36.1 Å². The fourth-order valence-corrected chi connectivity index (χ4v) is 5.76. The zero-order chi connectivity index (χ0) is 25.9. The van der Waals surface area contributed by atoms with E-state index in [-0.39, 0.29) is 5.91 Å². The van der Waals surface area contributed by atoms with Gasteiger partial charge in [-0.15, -0.1) is 0 Å². The van der Waals surface area contributed by atoms with Gasteiger partial charge in [0.2, 0.25) is 0 Å². The highest BCUT2D eigenvalue weighted by atomic mass is 32.2. The number of nitrogens with one attached hydrogen (secondary N) is 1. The number of phenolic OH excluding ortho intramolecular Hbond substituents is 1. The Morgan fingerprint density at radius 3 is 2.35 bits per heavy atom. The van der Waals surface area contributed by atoms with Crippen LogP contribution in [0.5, 0.6) is 5.75 Å². The summed E-state index contributed by atoms with van der Waals surface area (Å²) in [6, 6.07) is 20.6. The second-order valence-electron chi connectivity index (χ2n) is 9.43. The van der Waals surface area contributed by atoms with Crippen molar-refractivity contribution in [3.05, 3.63) is 95.2 Å². The van der Waals surface area contributed by atoms with Crippen LogP contribution in [0.25, 0.3) is 10.9 Å². The molecule has 0 saturated carbocycles. The molecule has 0 radical (unpaired) electrons. The minimum atomic E-state index is -1.48. The number of piperazine rings is 1. The Balaban J connectivity index is 1.18. The topological polar surface area (TPSA) is 85.8 Å². The minimum absolute atomic E-state index is 0.00176. The molecule has 0 bridgehead atoms. The normalized spacial score (nSPS) is 15.0. The van der Waals surface area contributed by atoms with Crippen LogP contribution in [0, 0.1) is 13.8 Å². The Morgan fingerprint density at radius 1 is 0.973 bits per heavy atom. The van der Waals surface area contributed by atoms with E-state index < -0.39 is 11.0 Å². The zero-order valence-electron chi connectivity index (χ0n) is 21.0. The highest BCUT2D eigenvalue weighted by Crippen LogP contribution is 2.24. The fourth-order valence-electron chi connectivity index (χ4n) is 4.76. The van der Waals surface area contributed by atoms with Crippen LogP contribution in [0.2, 0.25) is 0 Å². The molecule has 1 aliphatic rings. The largest absolute Gasteiger partial charge is 0.507 e. The van der Waals surface area contributed by atoms with Gasteiger partial charge >= 0.3 is 0 Å². The molecule has 1 aliphatic heterocycles. The standard InChI is InChI=1S/C29H30N4O3S/c1-20-17-22(18-21(2)28(20)34)19-32-13-15-33(16-14-32)29(35)24-8-10-25(11-9-24)31-37(36)26-7-3-5-23-6-4-12-30-27(23)26/h3-12,17-18,31,34H,13-16,19H2,1-2H3. The molecule has 1 saturated heterocycles. The van der Waals surface area contributed by atoms with Gasteiger partial charge in [0, 0.05) is 55.6 Å². The van der Waals surface area contributed by atoms with Crippen LogP contribution in [-0.4, -0.2) is 56.2 Å². The summed E-state index contributed by atoms with van der Waals surface area (Å²) in [5.74, 6) is 0.360. The third-order valence-corrected chi connectivity index (χ3v) is 7.90. The molecule has 1 atom stereocenters. The van der Waals surface area contributed by atoms with Crippen molar-refractivity contribution >= 4 is 33.5 Å². The first kappa shape index (κ1) is 24.9. The van der Waals surface area contributed by atoms with Gasteiger partial charge in [-0.25, -0.2) is 4.21 Å². The summed E-state index contributed by atoms with van der Waals surface area (Å²) in [6.45, 7) is 7.54. The van der Waals surface area contributed by atoms with Gasteiger partial charge in [-0.05, 0) is 66.9 Å². The summed E-state index contributed by atoms with van der Waals surface area (Å²) < 4.78 is 16.0. The number of rotatable bonds is 6. The van der Waals surface area contributed by atoms with Crippen LogP contribution < -0.4 is 4.72 Å². The number of carbonyl (C=O) groups excluding carboxylic acids is 1. The predicted molar refractivity (Wildman–Crippen MR) is 147 cm³/mol. The van der Waals surface area contributed by atoms with E-state index in [1.54, 1.807) is 36.5 Å². The summed E-state index contributed by atoms with van der Waals surface area (Å²) in [4.78, 5) is 22.3. The second kappa shape index (κ2) is 10.7. The molecule has 5 rings (SSSR count). The molecular weight excluding hydrogens is 484 g/mol. The van der Waals surface area contributed by atoms with Crippen LogP contribution in [-0.2, 0) is 17.5 Å². The van der Waals surface area contributed by atoms with E-state index in [0.29, 0.717) is 40.5 Å².